The van der Waals surface area contributed by atoms with Gasteiger partial charge >= 0.3 is 0 Å². The Labute approximate surface area is 121 Å². The highest BCUT2D eigenvalue weighted by Gasteiger charge is 2.16. The number of aryl methyl sites for hydroxylation is 1. The molecule has 104 valence electrons. The maximum absolute atomic E-state index is 3.57. The van der Waals surface area contributed by atoms with Crippen LogP contribution in [0.1, 0.15) is 23.1 Å². The third-order valence-corrected chi connectivity index (χ3v) is 3.98. The first-order chi connectivity index (χ1) is 9.74. The monoisotopic (exact) mass is 266 g/mol. The third kappa shape index (κ3) is 2.70. The van der Waals surface area contributed by atoms with Gasteiger partial charge in [-0.15, -0.1) is 0 Å². The summed E-state index contributed by atoms with van der Waals surface area (Å²) in [7, 11) is 4.27. The molecule has 0 fully saturated rings. The van der Waals surface area contributed by atoms with Gasteiger partial charge in [-0.25, -0.2) is 0 Å². The van der Waals surface area contributed by atoms with Gasteiger partial charge in [0, 0.05) is 17.8 Å². The normalized spacial score (nSPS) is 12.8. The van der Waals surface area contributed by atoms with Gasteiger partial charge < -0.3 is 10.2 Å². The molecule has 0 bridgehead atoms. The standard InChI is InChI=1S/C18H22N2/c1-20(2)12-6-9-14-8-5-11-18-16(14)13-15-7-3-4-10-17(15)19-18/h3-5,7-8,10-11,19H,6,9,12-13H2,1-2H3. The van der Waals surface area contributed by atoms with E-state index in [2.05, 4.69) is 66.8 Å². The molecule has 2 aromatic rings. The lowest BCUT2D eigenvalue weighted by atomic mass is 9.91. The Kier molecular flexibility index (Phi) is 3.75. The molecule has 1 heterocycles. The number of anilines is 2. The van der Waals surface area contributed by atoms with Crippen LogP contribution in [0.5, 0.6) is 0 Å². The van der Waals surface area contributed by atoms with Gasteiger partial charge in [-0.2, -0.15) is 0 Å². The number of nitrogens with zero attached hydrogens (tertiary/aromatic N) is 1. The molecule has 0 aromatic heterocycles. The second kappa shape index (κ2) is 5.68. The quantitative estimate of drug-likeness (QED) is 0.772. The molecular weight excluding hydrogens is 244 g/mol. The first-order valence-corrected chi connectivity index (χ1v) is 7.34. The number of fused-ring (bicyclic) bond motifs is 2. The van der Waals surface area contributed by atoms with Crippen molar-refractivity contribution >= 4 is 11.4 Å². The summed E-state index contributed by atoms with van der Waals surface area (Å²) >= 11 is 0. The van der Waals surface area contributed by atoms with Crippen LogP contribution >= 0.6 is 0 Å². The van der Waals surface area contributed by atoms with Gasteiger partial charge in [0.1, 0.15) is 0 Å². The number of hydrogen-bond donors (Lipinski definition) is 1. The number of para-hydroxylation sites is 1. The Bertz CT molecular complexity index is 602. The van der Waals surface area contributed by atoms with E-state index in [9.17, 15) is 0 Å². The Morgan fingerprint density at radius 2 is 1.80 bits per heavy atom. The van der Waals surface area contributed by atoms with Crippen molar-refractivity contribution in [1.82, 2.24) is 4.90 Å². The predicted molar refractivity (Wildman–Crippen MR) is 85.8 cm³/mol. The van der Waals surface area contributed by atoms with Gasteiger partial charge in [0.15, 0.2) is 0 Å². The van der Waals surface area contributed by atoms with E-state index in [1.54, 1.807) is 0 Å². The summed E-state index contributed by atoms with van der Waals surface area (Å²) in [5.74, 6) is 0. The Morgan fingerprint density at radius 1 is 1.00 bits per heavy atom. The molecule has 0 radical (unpaired) electrons. The number of nitrogens with one attached hydrogen (secondary N) is 1. The van der Waals surface area contributed by atoms with Crippen LogP contribution in [-0.4, -0.2) is 25.5 Å². The predicted octanol–water partition coefficient (Wildman–Crippen LogP) is 3.83. The van der Waals surface area contributed by atoms with Crippen LogP contribution in [0, 0.1) is 0 Å². The summed E-state index contributed by atoms with van der Waals surface area (Å²) in [5.41, 5.74) is 6.91. The molecule has 0 amide bonds. The largest absolute Gasteiger partial charge is 0.355 e. The molecule has 0 spiro atoms. The van der Waals surface area contributed by atoms with E-state index in [4.69, 9.17) is 0 Å². The summed E-state index contributed by atoms with van der Waals surface area (Å²) < 4.78 is 0. The van der Waals surface area contributed by atoms with E-state index in [0.717, 1.165) is 19.4 Å². The van der Waals surface area contributed by atoms with Crippen molar-refractivity contribution in [3.8, 4) is 0 Å². The smallest absolute Gasteiger partial charge is 0.0423 e. The lowest BCUT2D eigenvalue weighted by molar-refractivity contribution is 0.400. The first-order valence-electron chi connectivity index (χ1n) is 7.34. The molecule has 2 nitrogen and oxygen atoms in total. The molecule has 2 heteroatoms. The molecule has 0 saturated heterocycles. The van der Waals surface area contributed by atoms with E-state index in [1.165, 1.54) is 34.5 Å². The van der Waals surface area contributed by atoms with Gasteiger partial charge in [0.2, 0.25) is 0 Å². The van der Waals surface area contributed by atoms with E-state index >= 15 is 0 Å². The topological polar surface area (TPSA) is 15.3 Å². The second-order valence-corrected chi connectivity index (χ2v) is 5.81. The van der Waals surface area contributed by atoms with Crippen molar-refractivity contribution in [1.29, 1.82) is 0 Å². The molecule has 2 aromatic carbocycles. The zero-order chi connectivity index (χ0) is 13.9. The van der Waals surface area contributed by atoms with Crippen molar-refractivity contribution in [3.63, 3.8) is 0 Å². The number of rotatable bonds is 4. The van der Waals surface area contributed by atoms with Gasteiger partial charge in [-0.05, 0) is 62.3 Å². The van der Waals surface area contributed by atoms with Crippen LogP contribution < -0.4 is 5.32 Å². The maximum atomic E-state index is 3.57. The van der Waals surface area contributed by atoms with Crippen LogP contribution in [0.2, 0.25) is 0 Å². The van der Waals surface area contributed by atoms with E-state index in [0.29, 0.717) is 0 Å². The lowest BCUT2D eigenvalue weighted by Gasteiger charge is -2.24. The molecule has 1 aliphatic heterocycles. The minimum atomic E-state index is 1.05. The molecule has 0 unspecified atom stereocenters. The van der Waals surface area contributed by atoms with Crippen LogP contribution in [0.25, 0.3) is 0 Å². The van der Waals surface area contributed by atoms with Crippen molar-refractivity contribution in [2.75, 3.05) is 26.0 Å². The van der Waals surface area contributed by atoms with Gasteiger partial charge in [-0.1, -0.05) is 30.3 Å². The highest BCUT2D eigenvalue weighted by molar-refractivity contribution is 5.72. The summed E-state index contributed by atoms with van der Waals surface area (Å²) in [4.78, 5) is 2.25. The fraction of sp³-hybridized carbons (Fsp3) is 0.333. The van der Waals surface area contributed by atoms with E-state index < -0.39 is 0 Å². The highest BCUT2D eigenvalue weighted by atomic mass is 15.0. The molecule has 0 aliphatic carbocycles. The molecule has 1 aliphatic rings. The average Bonchev–Trinajstić information content (AvgIpc) is 2.45. The molecule has 20 heavy (non-hydrogen) atoms. The molecule has 1 N–H and O–H groups in total. The highest BCUT2D eigenvalue weighted by Crippen LogP contribution is 2.34. The Morgan fingerprint density at radius 3 is 2.65 bits per heavy atom. The Balaban J connectivity index is 1.82. The van der Waals surface area contributed by atoms with Gasteiger partial charge in [-0.3, -0.25) is 0 Å². The van der Waals surface area contributed by atoms with Crippen LogP contribution in [0.3, 0.4) is 0 Å². The van der Waals surface area contributed by atoms with Crippen molar-refractivity contribution in [3.05, 3.63) is 59.2 Å². The van der Waals surface area contributed by atoms with Crippen molar-refractivity contribution in [2.24, 2.45) is 0 Å². The molecule has 0 atom stereocenters. The minimum absolute atomic E-state index is 1.05. The van der Waals surface area contributed by atoms with Crippen molar-refractivity contribution in [2.45, 2.75) is 19.3 Å². The van der Waals surface area contributed by atoms with Crippen LogP contribution in [-0.2, 0) is 12.8 Å². The summed E-state index contributed by atoms with van der Waals surface area (Å²) in [6.45, 7) is 1.15. The fourth-order valence-electron chi connectivity index (χ4n) is 2.91. The zero-order valence-electron chi connectivity index (χ0n) is 12.3. The molecular formula is C18H22N2. The summed E-state index contributed by atoms with van der Waals surface area (Å²) in [6.07, 6.45) is 3.42. The third-order valence-electron chi connectivity index (χ3n) is 3.98. The second-order valence-electron chi connectivity index (χ2n) is 5.81. The lowest BCUT2D eigenvalue weighted by Crippen LogP contribution is -2.14. The van der Waals surface area contributed by atoms with E-state index in [1.807, 2.05) is 0 Å². The van der Waals surface area contributed by atoms with Gasteiger partial charge in [0.05, 0.1) is 0 Å². The number of hydrogen-bond acceptors (Lipinski definition) is 2. The maximum Gasteiger partial charge on any atom is 0.0423 e. The van der Waals surface area contributed by atoms with Crippen LogP contribution in [0.15, 0.2) is 42.5 Å². The summed E-state index contributed by atoms with van der Waals surface area (Å²) in [5, 5.41) is 3.57. The number of benzene rings is 2. The SMILES string of the molecule is CN(C)CCCc1cccc2c1Cc1ccccc1N2. The Hall–Kier alpha value is -1.80. The molecule has 3 rings (SSSR count). The fourth-order valence-corrected chi connectivity index (χ4v) is 2.91. The van der Waals surface area contributed by atoms with E-state index in [-0.39, 0.29) is 0 Å². The van der Waals surface area contributed by atoms with Gasteiger partial charge in [0.25, 0.3) is 0 Å². The van der Waals surface area contributed by atoms with Crippen molar-refractivity contribution < 1.29 is 0 Å². The first kappa shape index (κ1) is 13.2. The minimum Gasteiger partial charge on any atom is -0.355 e. The average molecular weight is 266 g/mol. The zero-order valence-corrected chi connectivity index (χ0v) is 12.3. The molecule has 0 saturated carbocycles. The summed E-state index contributed by atoms with van der Waals surface area (Å²) in [6, 6.07) is 15.3. The van der Waals surface area contributed by atoms with Crippen LogP contribution in [0.4, 0.5) is 11.4 Å².